The second-order valence-corrected chi connectivity index (χ2v) is 14.0. The van der Waals surface area contributed by atoms with Crippen molar-refractivity contribution in [3.63, 3.8) is 0 Å². The van der Waals surface area contributed by atoms with Gasteiger partial charge in [0.05, 0.1) is 5.92 Å². The number of carbonyl (C=O) groups excluding carboxylic acids is 4. The molecule has 3 N–H and O–H groups in total. The average molecular weight is 626 g/mol. The van der Waals surface area contributed by atoms with E-state index in [1.54, 1.807) is 6.92 Å². The number of benzene rings is 3. The first-order chi connectivity index (χ1) is 22.5. The van der Waals surface area contributed by atoms with E-state index in [4.69, 9.17) is 1.41 Å². The molecular weight excluding hydrogens is 572 g/mol. The molecule has 0 radical (unpaired) electrons. The van der Waals surface area contributed by atoms with E-state index in [2.05, 4.69) is 67.4 Å². The Labute approximate surface area is 276 Å². The molecule has 0 spiro atoms. The highest BCUT2D eigenvalue weighted by Crippen LogP contribution is 2.31. The molecule has 0 saturated heterocycles. The molecule has 0 aliphatic heterocycles. The minimum absolute atomic E-state index is 0.0134. The lowest BCUT2D eigenvalue weighted by Gasteiger charge is -2.29. The van der Waals surface area contributed by atoms with Gasteiger partial charge in [-0.15, -0.1) is 0 Å². The number of Topliss-reactive ketones (excluding diaryl/α,β-unsaturated/α-hetero) is 3. The van der Waals surface area contributed by atoms with E-state index >= 15 is 0 Å². The maximum atomic E-state index is 13.3. The Hall–Kier alpha value is -3.64. The highest BCUT2D eigenvalue weighted by atomic mass is 16.2. The summed E-state index contributed by atoms with van der Waals surface area (Å²) in [7, 11) is 0. The fourth-order valence-electron chi connectivity index (χ4n) is 6.77. The van der Waals surface area contributed by atoms with Crippen LogP contribution in [0.4, 0.5) is 0 Å². The fraction of sp³-hybridized carbons (Fsp3) is 0.500. The molecule has 3 aromatic rings. The summed E-state index contributed by atoms with van der Waals surface area (Å²) in [5.74, 6) is -0.519. The van der Waals surface area contributed by atoms with Crippen LogP contribution in [0.15, 0.2) is 66.7 Å². The highest BCUT2D eigenvalue weighted by Gasteiger charge is 2.30. The van der Waals surface area contributed by atoms with Crippen molar-refractivity contribution in [1.82, 2.24) is 5.32 Å². The molecule has 1 saturated carbocycles. The van der Waals surface area contributed by atoms with E-state index in [-0.39, 0.29) is 66.3 Å². The number of nitrogens with two attached hydrogens (primary N) is 1. The Balaban J connectivity index is 1.22. The summed E-state index contributed by atoms with van der Waals surface area (Å²) in [6, 6.07) is 22.5. The first-order valence-corrected chi connectivity index (χ1v) is 17.1. The molecule has 3 atom stereocenters. The van der Waals surface area contributed by atoms with Crippen molar-refractivity contribution in [2.24, 2.45) is 35.3 Å². The first kappa shape index (κ1) is 33.7. The summed E-state index contributed by atoms with van der Waals surface area (Å²) in [5.41, 5.74) is 5.59. The van der Waals surface area contributed by atoms with Gasteiger partial charge in [-0.25, -0.2) is 0 Å². The first-order valence-electron chi connectivity index (χ1n) is 17.6. The zero-order valence-electron chi connectivity index (χ0n) is 29.0. The Morgan fingerprint density at radius 1 is 0.826 bits per heavy atom. The Morgan fingerprint density at radius 2 is 1.50 bits per heavy atom. The fourth-order valence-corrected chi connectivity index (χ4v) is 6.77. The monoisotopic (exact) mass is 625 g/mol. The minimum Gasteiger partial charge on any atom is -0.356 e. The number of fused-ring (bicyclic) bond motifs is 1. The van der Waals surface area contributed by atoms with Crippen LogP contribution in [0, 0.1) is 29.6 Å². The predicted molar refractivity (Wildman–Crippen MR) is 185 cm³/mol. The van der Waals surface area contributed by atoms with Gasteiger partial charge in [-0.1, -0.05) is 87.5 Å². The molecule has 3 aromatic carbocycles. The number of rotatable bonds is 17. The standard InChI is InChI=1S/C40H52N2O4/c1-26(2)19-29-9-14-32(15-10-29)27(3)38(44)23-37(24-41)40(46)42-25-30-11-17-34(18-12-30)39(45)22-36(28(4)43)21-31-13-16-33-7-5-6-8-35(33)20-31/h5-10,13-16,20,26-27,30,34,36-37H,11-12,17-19,21-25,41H2,1-4H3,(H,42,46)/i/hD. The molecule has 1 fully saturated rings. The van der Waals surface area contributed by atoms with Crippen LogP contribution in [0.2, 0.25) is 1.41 Å². The van der Waals surface area contributed by atoms with E-state index in [0.717, 1.165) is 54.0 Å². The summed E-state index contributed by atoms with van der Waals surface area (Å²) < 4.78 is 7.49. The third-order valence-corrected chi connectivity index (χ3v) is 9.86. The average Bonchev–Trinajstić information content (AvgIpc) is 3.06. The van der Waals surface area contributed by atoms with Crippen LogP contribution in [0.3, 0.4) is 0 Å². The second-order valence-electron chi connectivity index (χ2n) is 14.0. The van der Waals surface area contributed by atoms with Crippen LogP contribution in [0.5, 0.6) is 0 Å². The van der Waals surface area contributed by atoms with Gasteiger partial charge in [0.1, 0.15) is 18.8 Å². The predicted octanol–water partition coefficient (Wildman–Crippen LogP) is 7.01. The third-order valence-electron chi connectivity index (χ3n) is 9.86. The van der Waals surface area contributed by atoms with Gasteiger partial charge < -0.3 is 11.0 Å². The smallest absolute Gasteiger partial charge is 0.224 e. The molecule has 46 heavy (non-hydrogen) atoms. The zero-order valence-corrected chi connectivity index (χ0v) is 28.0. The molecule has 6 nitrogen and oxygen atoms in total. The topological polar surface area (TPSA) is 106 Å². The number of nitrogens with one attached hydrogen (secondary N) is 1. The molecule has 0 bridgehead atoms. The highest BCUT2D eigenvalue weighted by molar-refractivity contribution is 5.91. The van der Waals surface area contributed by atoms with Crippen molar-refractivity contribution < 1.29 is 20.6 Å². The molecule has 1 aliphatic carbocycles. The maximum absolute atomic E-state index is 13.3. The number of carbonyl (C=O) groups is 4. The number of ketones is 3. The lowest BCUT2D eigenvalue weighted by Crippen LogP contribution is -2.40. The van der Waals surface area contributed by atoms with Crippen LogP contribution < -0.4 is 11.0 Å². The van der Waals surface area contributed by atoms with Crippen molar-refractivity contribution in [3.8, 4) is 0 Å². The van der Waals surface area contributed by atoms with E-state index in [1.807, 2.05) is 31.2 Å². The van der Waals surface area contributed by atoms with Crippen LogP contribution in [-0.4, -0.2) is 36.3 Å². The Kier molecular flexibility index (Phi) is 12.3. The van der Waals surface area contributed by atoms with Crippen molar-refractivity contribution in [1.29, 1.82) is 0 Å². The van der Waals surface area contributed by atoms with Gasteiger partial charge in [-0.05, 0) is 84.7 Å². The van der Waals surface area contributed by atoms with Crippen LogP contribution in [-0.2, 0) is 32.0 Å². The SMILES string of the molecule is [2H]NCC(CC(=O)C(C)c1ccc(CC(C)C)cc1)C(=O)NCC1CCC(C(=O)CC(Cc2ccc3ccccc3c2)C(C)=O)CC1. The van der Waals surface area contributed by atoms with Crippen LogP contribution in [0.1, 0.15) is 88.8 Å². The number of amides is 1. The van der Waals surface area contributed by atoms with Crippen molar-refractivity contribution >= 4 is 34.0 Å². The normalized spacial score (nSPS) is 18.8. The Morgan fingerprint density at radius 3 is 2.15 bits per heavy atom. The van der Waals surface area contributed by atoms with E-state index in [9.17, 15) is 19.2 Å². The van der Waals surface area contributed by atoms with E-state index in [0.29, 0.717) is 18.9 Å². The minimum atomic E-state index is -0.619. The molecule has 6 heteroatoms. The van der Waals surface area contributed by atoms with Crippen LogP contribution >= 0.6 is 0 Å². The Bertz CT molecular complexity index is 1510. The summed E-state index contributed by atoms with van der Waals surface area (Å²) in [5, 5.41) is 5.33. The van der Waals surface area contributed by atoms with Gasteiger partial charge >= 0.3 is 0 Å². The van der Waals surface area contributed by atoms with Gasteiger partial charge in [0.25, 0.3) is 0 Å². The summed E-state index contributed by atoms with van der Waals surface area (Å²) >= 11 is 0. The van der Waals surface area contributed by atoms with Crippen molar-refractivity contribution in [3.05, 3.63) is 83.4 Å². The summed E-state index contributed by atoms with van der Waals surface area (Å²) in [6.07, 6.45) is 5.06. The van der Waals surface area contributed by atoms with Gasteiger partial charge in [0.2, 0.25) is 5.91 Å². The van der Waals surface area contributed by atoms with Crippen molar-refractivity contribution in [2.45, 2.75) is 85.0 Å². The van der Waals surface area contributed by atoms with Crippen molar-refractivity contribution in [2.75, 3.05) is 13.1 Å². The lowest BCUT2D eigenvalue weighted by atomic mass is 9.77. The van der Waals surface area contributed by atoms with Crippen LogP contribution in [0.25, 0.3) is 10.8 Å². The summed E-state index contributed by atoms with van der Waals surface area (Å²) in [4.78, 5) is 52.1. The number of hydrogen-bond acceptors (Lipinski definition) is 5. The molecule has 0 heterocycles. The molecule has 4 rings (SSSR count). The number of hydrogen-bond donors (Lipinski definition) is 2. The lowest BCUT2D eigenvalue weighted by molar-refractivity contribution is -0.130. The van der Waals surface area contributed by atoms with Gasteiger partial charge in [0.15, 0.2) is 0 Å². The van der Waals surface area contributed by atoms with Gasteiger partial charge in [0, 0.05) is 43.7 Å². The largest absolute Gasteiger partial charge is 0.356 e. The third kappa shape index (κ3) is 9.93. The second kappa shape index (κ2) is 16.8. The zero-order chi connectivity index (χ0) is 33.9. The maximum Gasteiger partial charge on any atom is 0.224 e. The van der Waals surface area contributed by atoms with Gasteiger partial charge in [-0.3, -0.25) is 19.2 Å². The molecule has 1 aliphatic rings. The molecular formula is C40H52N2O4. The summed E-state index contributed by atoms with van der Waals surface area (Å²) in [6.45, 7) is 8.42. The molecule has 0 aromatic heterocycles. The molecule has 1 amide bonds. The van der Waals surface area contributed by atoms with Gasteiger partial charge in [-0.2, -0.15) is 0 Å². The van der Waals surface area contributed by atoms with E-state index < -0.39 is 5.92 Å². The quantitative estimate of drug-likeness (QED) is 0.168. The molecule has 246 valence electrons. The van der Waals surface area contributed by atoms with E-state index in [1.165, 1.54) is 5.56 Å². The molecule has 3 unspecified atom stereocenters.